The normalized spacial score (nSPS) is 40.3. The molecule has 110 valence electrons. The van der Waals surface area contributed by atoms with E-state index in [2.05, 4.69) is 17.1 Å². The lowest BCUT2D eigenvalue weighted by Gasteiger charge is -2.47. The second kappa shape index (κ2) is 6.58. The zero-order chi connectivity index (χ0) is 13.1. The molecular weight excluding hydrogens is 232 g/mol. The van der Waals surface area contributed by atoms with E-state index in [-0.39, 0.29) is 0 Å². The van der Waals surface area contributed by atoms with Crippen molar-refractivity contribution in [3.8, 4) is 0 Å². The van der Waals surface area contributed by atoms with Gasteiger partial charge in [-0.1, -0.05) is 19.8 Å². The van der Waals surface area contributed by atoms with E-state index in [0.29, 0.717) is 0 Å². The van der Waals surface area contributed by atoms with Gasteiger partial charge in [0.1, 0.15) is 0 Å². The summed E-state index contributed by atoms with van der Waals surface area (Å²) in [4.78, 5) is 2.95. The molecule has 0 radical (unpaired) electrons. The van der Waals surface area contributed by atoms with Crippen molar-refractivity contribution < 1.29 is 0 Å². The molecule has 2 aliphatic carbocycles. The first-order chi connectivity index (χ1) is 9.38. The monoisotopic (exact) mass is 264 g/mol. The molecule has 1 heterocycles. The minimum absolute atomic E-state index is 0.814. The highest BCUT2D eigenvalue weighted by Gasteiger charge is 2.38. The van der Waals surface area contributed by atoms with E-state index in [9.17, 15) is 0 Å². The number of nitrogens with zero attached hydrogens (tertiary/aromatic N) is 1. The number of fused-ring (bicyclic) bond motifs is 1. The van der Waals surface area contributed by atoms with Gasteiger partial charge in [0.15, 0.2) is 0 Å². The van der Waals surface area contributed by atoms with E-state index in [1.165, 1.54) is 77.3 Å². The van der Waals surface area contributed by atoms with Gasteiger partial charge in [-0.15, -0.1) is 0 Å². The lowest BCUT2D eigenvalue weighted by atomic mass is 9.77. The van der Waals surface area contributed by atoms with Crippen molar-refractivity contribution >= 4 is 0 Å². The molecule has 2 unspecified atom stereocenters. The summed E-state index contributed by atoms with van der Waals surface area (Å²) in [7, 11) is 0. The maximum atomic E-state index is 3.75. The third kappa shape index (κ3) is 3.16. The predicted octanol–water partition coefficient (Wildman–Crippen LogP) is 3.56. The highest BCUT2D eigenvalue weighted by atomic mass is 15.2. The fraction of sp³-hybridized carbons (Fsp3) is 1.00. The number of piperidine rings is 1. The number of rotatable bonds is 4. The van der Waals surface area contributed by atoms with Gasteiger partial charge in [0.25, 0.3) is 0 Å². The van der Waals surface area contributed by atoms with E-state index < -0.39 is 0 Å². The van der Waals surface area contributed by atoms with Crippen molar-refractivity contribution in [3.05, 3.63) is 0 Å². The summed E-state index contributed by atoms with van der Waals surface area (Å²) in [5, 5.41) is 3.75. The second-order valence-corrected chi connectivity index (χ2v) is 7.11. The molecule has 3 aliphatic rings. The van der Waals surface area contributed by atoms with Crippen molar-refractivity contribution in [2.75, 3.05) is 13.1 Å². The molecule has 3 rings (SSSR count). The third-order valence-corrected chi connectivity index (χ3v) is 5.84. The van der Waals surface area contributed by atoms with Crippen LogP contribution in [0.2, 0.25) is 0 Å². The molecule has 1 N–H and O–H groups in total. The van der Waals surface area contributed by atoms with Crippen LogP contribution < -0.4 is 5.32 Å². The summed E-state index contributed by atoms with van der Waals surface area (Å²) >= 11 is 0. The van der Waals surface area contributed by atoms with Gasteiger partial charge < -0.3 is 5.32 Å². The number of hydrogen-bond acceptors (Lipinski definition) is 2. The third-order valence-electron chi connectivity index (χ3n) is 5.84. The summed E-state index contributed by atoms with van der Waals surface area (Å²) in [6, 6.07) is 2.67. The maximum absolute atomic E-state index is 3.75. The summed E-state index contributed by atoms with van der Waals surface area (Å²) in [6.07, 6.45) is 14.5. The average molecular weight is 264 g/mol. The Balaban J connectivity index is 1.56. The number of nitrogens with one attached hydrogen (secondary N) is 1. The standard InChI is InChI=1S/C17H32N2/c1-2-11-18-15-9-10-16(13-15)19-12-5-7-14-6-3-4-8-17(14)19/h14-18H,2-13H2,1H3/t14-,15?,16?,17-/m1/s1. The van der Waals surface area contributed by atoms with Crippen molar-refractivity contribution in [1.29, 1.82) is 0 Å². The molecule has 0 spiro atoms. The summed E-state index contributed by atoms with van der Waals surface area (Å²) in [5.41, 5.74) is 0. The van der Waals surface area contributed by atoms with Gasteiger partial charge >= 0.3 is 0 Å². The largest absolute Gasteiger partial charge is 0.314 e. The zero-order valence-corrected chi connectivity index (χ0v) is 12.7. The Hall–Kier alpha value is -0.0800. The molecule has 2 heteroatoms. The fourth-order valence-electron chi connectivity index (χ4n) is 4.91. The van der Waals surface area contributed by atoms with Gasteiger partial charge in [0, 0.05) is 18.1 Å². The van der Waals surface area contributed by atoms with Crippen LogP contribution >= 0.6 is 0 Å². The van der Waals surface area contributed by atoms with E-state index in [4.69, 9.17) is 0 Å². The first-order valence-electron chi connectivity index (χ1n) is 8.87. The second-order valence-electron chi connectivity index (χ2n) is 7.11. The Morgan fingerprint density at radius 1 is 1.00 bits per heavy atom. The van der Waals surface area contributed by atoms with Gasteiger partial charge in [-0.3, -0.25) is 4.90 Å². The van der Waals surface area contributed by atoms with Crippen LogP contribution in [0.5, 0.6) is 0 Å². The first kappa shape index (κ1) is 13.9. The van der Waals surface area contributed by atoms with Crippen LogP contribution in [0.1, 0.15) is 71.1 Å². The van der Waals surface area contributed by atoms with Crippen LogP contribution in [0.15, 0.2) is 0 Å². The highest BCUT2D eigenvalue weighted by molar-refractivity contribution is 4.94. The van der Waals surface area contributed by atoms with Gasteiger partial charge in [0.2, 0.25) is 0 Å². The Morgan fingerprint density at radius 2 is 1.84 bits per heavy atom. The lowest BCUT2D eigenvalue weighted by molar-refractivity contribution is 0.0270. The minimum atomic E-state index is 0.814. The average Bonchev–Trinajstić information content (AvgIpc) is 2.93. The summed E-state index contributed by atoms with van der Waals surface area (Å²) in [5.74, 6) is 1.05. The van der Waals surface area contributed by atoms with Crippen LogP contribution in [0, 0.1) is 5.92 Å². The Bertz CT molecular complexity index is 276. The molecule has 0 aromatic heterocycles. The molecule has 1 aliphatic heterocycles. The maximum Gasteiger partial charge on any atom is 0.0126 e. The van der Waals surface area contributed by atoms with Crippen molar-refractivity contribution in [1.82, 2.24) is 10.2 Å². The van der Waals surface area contributed by atoms with Gasteiger partial charge in [-0.2, -0.15) is 0 Å². The van der Waals surface area contributed by atoms with Gasteiger partial charge in [0.05, 0.1) is 0 Å². The number of hydrogen-bond donors (Lipinski definition) is 1. The van der Waals surface area contributed by atoms with E-state index in [1.807, 2.05) is 0 Å². The zero-order valence-electron chi connectivity index (χ0n) is 12.7. The van der Waals surface area contributed by atoms with E-state index in [0.717, 1.165) is 24.0 Å². The van der Waals surface area contributed by atoms with Gasteiger partial charge in [-0.25, -0.2) is 0 Å². The van der Waals surface area contributed by atoms with Crippen LogP contribution in [-0.2, 0) is 0 Å². The summed E-state index contributed by atoms with van der Waals surface area (Å²) < 4.78 is 0. The molecule has 3 fully saturated rings. The highest BCUT2D eigenvalue weighted by Crippen LogP contribution is 2.39. The molecule has 2 nitrogen and oxygen atoms in total. The van der Waals surface area contributed by atoms with Crippen LogP contribution in [0.4, 0.5) is 0 Å². The van der Waals surface area contributed by atoms with Crippen LogP contribution in [0.3, 0.4) is 0 Å². The van der Waals surface area contributed by atoms with Crippen molar-refractivity contribution in [2.24, 2.45) is 5.92 Å². The first-order valence-corrected chi connectivity index (χ1v) is 8.87. The summed E-state index contributed by atoms with van der Waals surface area (Å²) in [6.45, 7) is 4.88. The molecule has 4 atom stereocenters. The molecule has 0 aromatic carbocycles. The predicted molar refractivity (Wildman–Crippen MR) is 81.4 cm³/mol. The Morgan fingerprint density at radius 3 is 2.74 bits per heavy atom. The van der Waals surface area contributed by atoms with Crippen LogP contribution in [0.25, 0.3) is 0 Å². The molecular formula is C17H32N2. The van der Waals surface area contributed by atoms with Gasteiger partial charge in [-0.05, 0) is 70.4 Å². The molecule has 0 bridgehead atoms. The molecule has 0 aromatic rings. The van der Waals surface area contributed by atoms with E-state index >= 15 is 0 Å². The van der Waals surface area contributed by atoms with Crippen molar-refractivity contribution in [3.63, 3.8) is 0 Å². The molecule has 1 saturated heterocycles. The smallest absolute Gasteiger partial charge is 0.0126 e. The van der Waals surface area contributed by atoms with Crippen LogP contribution in [-0.4, -0.2) is 36.1 Å². The quantitative estimate of drug-likeness (QED) is 0.835. The Labute approximate surface area is 119 Å². The fourth-order valence-corrected chi connectivity index (χ4v) is 4.91. The van der Waals surface area contributed by atoms with Crippen molar-refractivity contribution in [2.45, 2.75) is 89.3 Å². The molecule has 0 amide bonds. The Kier molecular flexibility index (Phi) is 4.81. The number of likely N-dealkylation sites (tertiary alicyclic amines) is 1. The molecule has 19 heavy (non-hydrogen) atoms. The topological polar surface area (TPSA) is 15.3 Å². The lowest BCUT2D eigenvalue weighted by Crippen LogP contribution is -2.51. The SMILES string of the molecule is CCCNC1CCC(N2CCC[C@H]3CCCC[C@H]32)C1. The van der Waals surface area contributed by atoms with E-state index in [1.54, 1.807) is 0 Å². The molecule has 2 saturated carbocycles. The minimum Gasteiger partial charge on any atom is -0.314 e.